The van der Waals surface area contributed by atoms with Gasteiger partial charge in [-0.15, -0.1) is 0 Å². The van der Waals surface area contributed by atoms with Crippen LogP contribution < -0.4 is 10.0 Å². The zero-order chi connectivity index (χ0) is 18.4. The van der Waals surface area contributed by atoms with E-state index < -0.39 is 27.8 Å². The average molecular weight is 364 g/mol. The molecule has 7 heteroatoms. The smallest absolute Gasteiger partial charge is 0.241 e. The van der Waals surface area contributed by atoms with E-state index in [4.69, 9.17) is 0 Å². The van der Waals surface area contributed by atoms with Gasteiger partial charge >= 0.3 is 0 Å². The second-order valence-corrected chi connectivity index (χ2v) is 7.69. The predicted molar refractivity (Wildman–Crippen MR) is 93.9 cm³/mol. The molecule has 1 unspecified atom stereocenters. The van der Waals surface area contributed by atoms with Crippen LogP contribution in [0.1, 0.15) is 19.4 Å². The maximum absolute atomic E-state index is 13.0. The normalized spacial score (nSPS) is 12.8. The first-order chi connectivity index (χ1) is 11.8. The summed E-state index contributed by atoms with van der Waals surface area (Å²) in [5.41, 5.74) is 0.827. The molecule has 0 aliphatic heterocycles. The molecule has 2 aromatic rings. The minimum absolute atomic E-state index is 0.0932. The summed E-state index contributed by atoms with van der Waals surface area (Å²) in [5, 5.41) is 2.72. The van der Waals surface area contributed by atoms with Crippen LogP contribution in [0.3, 0.4) is 0 Å². The minimum Gasteiger partial charge on any atom is -0.353 e. The fourth-order valence-electron chi connectivity index (χ4n) is 2.29. The van der Waals surface area contributed by atoms with Crippen molar-refractivity contribution in [1.29, 1.82) is 0 Å². The van der Waals surface area contributed by atoms with Crippen molar-refractivity contribution in [2.75, 3.05) is 0 Å². The highest BCUT2D eigenvalue weighted by atomic mass is 32.2. The van der Waals surface area contributed by atoms with Crippen LogP contribution in [0.15, 0.2) is 59.5 Å². The summed E-state index contributed by atoms with van der Waals surface area (Å²) in [4.78, 5) is 12.3. The highest BCUT2D eigenvalue weighted by molar-refractivity contribution is 7.89. The van der Waals surface area contributed by atoms with Crippen molar-refractivity contribution in [3.05, 3.63) is 66.0 Å². The molecule has 0 saturated heterocycles. The van der Waals surface area contributed by atoms with Gasteiger partial charge in [0.2, 0.25) is 15.9 Å². The van der Waals surface area contributed by atoms with Gasteiger partial charge in [0.15, 0.2) is 0 Å². The third-order valence-electron chi connectivity index (χ3n) is 3.45. The maximum atomic E-state index is 13.0. The first kappa shape index (κ1) is 19.1. The van der Waals surface area contributed by atoms with Gasteiger partial charge in [0.1, 0.15) is 11.9 Å². The molecule has 0 radical (unpaired) electrons. The molecular formula is C18H21FN2O3S. The molecule has 0 fully saturated rings. The number of amides is 1. The summed E-state index contributed by atoms with van der Waals surface area (Å²) in [7, 11) is -3.95. The molecule has 134 valence electrons. The Labute approximate surface area is 147 Å². The molecule has 2 aromatic carbocycles. The summed E-state index contributed by atoms with van der Waals surface area (Å²) in [6.45, 7) is 3.60. The van der Waals surface area contributed by atoms with E-state index in [2.05, 4.69) is 10.0 Å². The van der Waals surface area contributed by atoms with E-state index in [0.29, 0.717) is 0 Å². The lowest BCUT2D eigenvalue weighted by molar-refractivity contribution is -0.123. The van der Waals surface area contributed by atoms with E-state index in [1.165, 1.54) is 0 Å². The minimum atomic E-state index is -3.95. The van der Waals surface area contributed by atoms with Crippen LogP contribution in [0.2, 0.25) is 0 Å². The number of hydrogen-bond donors (Lipinski definition) is 2. The summed E-state index contributed by atoms with van der Waals surface area (Å²) in [6, 6.07) is 12.5. The van der Waals surface area contributed by atoms with Crippen molar-refractivity contribution in [1.82, 2.24) is 10.0 Å². The van der Waals surface area contributed by atoms with Crippen LogP contribution in [0.25, 0.3) is 0 Å². The highest BCUT2D eigenvalue weighted by Crippen LogP contribution is 2.12. The molecule has 0 aliphatic rings. The Balaban J connectivity index is 2.25. The number of carbonyl (C=O) groups excluding carboxylic acids is 1. The van der Waals surface area contributed by atoms with Crippen LogP contribution in [0.5, 0.6) is 0 Å². The molecule has 5 nitrogen and oxygen atoms in total. The molecule has 0 aliphatic carbocycles. The summed E-state index contributed by atoms with van der Waals surface area (Å²) >= 11 is 0. The Hall–Kier alpha value is -2.25. The Morgan fingerprint density at radius 2 is 1.64 bits per heavy atom. The van der Waals surface area contributed by atoms with Crippen molar-refractivity contribution in [2.45, 2.75) is 37.2 Å². The SMILES string of the molecule is CC(C)NC(=O)C(Cc1ccccc1)NS(=O)(=O)c1ccc(F)cc1. The Kier molecular flexibility index (Phi) is 6.27. The van der Waals surface area contributed by atoms with Gasteiger partial charge in [-0.25, -0.2) is 12.8 Å². The van der Waals surface area contributed by atoms with E-state index in [9.17, 15) is 17.6 Å². The maximum Gasteiger partial charge on any atom is 0.241 e. The number of rotatable bonds is 7. The van der Waals surface area contributed by atoms with E-state index in [0.717, 1.165) is 29.8 Å². The largest absolute Gasteiger partial charge is 0.353 e. The Bertz CT molecular complexity index is 806. The monoisotopic (exact) mass is 364 g/mol. The quantitative estimate of drug-likeness (QED) is 0.791. The third-order valence-corrected chi connectivity index (χ3v) is 4.94. The van der Waals surface area contributed by atoms with Crippen LogP contribution in [-0.4, -0.2) is 26.4 Å². The van der Waals surface area contributed by atoms with Gasteiger partial charge in [-0.05, 0) is 50.1 Å². The lowest BCUT2D eigenvalue weighted by Crippen LogP contribution is -2.49. The Morgan fingerprint density at radius 1 is 1.04 bits per heavy atom. The predicted octanol–water partition coefficient (Wildman–Crippen LogP) is 2.24. The standard InChI is InChI=1S/C18H21FN2O3S/c1-13(2)20-18(22)17(12-14-6-4-3-5-7-14)21-25(23,24)16-10-8-15(19)9-11-16/h3-11,13,17,21H,12H2,1-2H3,(H,20,22). The summed E-state index contributed by atoms with van der Waals surface area (Å²) in [6.07, 6.45) is 0.208. The fraction of sp³-hybridized carbons (Fsp3) is 0.278. The van der Waals surface area contributed by atoms with Crippen molar-refractivity contribution >= 4 is 15.9 Å². The zero-order valence-corrected chi connectivity index (χ0v) is 14.9. The molecule has 2 N–H and O–H groups in total. The second-order valence-electron chi connectivity index (χ2n) is 5.98. The molecule has 2 rings (SSSR count). The van der Waals surface area contributed by atoms with Gasteiger partial charge in [-0.1, -0.05) is 30.3 Å². The molecule has 1 atom stereocenters. The van der Waals surface area contributed by atoms with Gasteiger partial charge in [0.25, 0.3) is 0 Å². The van der Waals surface area contributed by atoms with E-state index >= 15 is 0 Å². The fourth-order valence-corrected chi connectivity index (χ4v) is 3.49. The van der Waals surface area contributed by atoms with Gasteiger partial charge in [-0.3, -0.25) is 4.79 Å². The van der Waals surface area contributed by atoms with Gasteiger partial charge in [0.05, 0.1) is 4.90 Å². The highest BCUT2D eigenvalue weighted by Gasteiger charge is 2.26. The molecule has 25 heavy (non-hydrogen) atoms. The van der Waals surface area contributed by atoms with Crippen LogP contribution >= 0.6 is 0 Å². The second kappa shape index (κ2) is 8.22. The van der Waals surface area contributed by atoms with Crippen LogP contribution in [0, 0.1) is 5.82 Å². The van der Waals surface area contributed by atoms with Crippen molar-refractivity contribution < 1.29 is 17.6 Å². The molecule has 0 spiro atoms. The first-order valence-electron chi connectivity index (χ1n) is 7.90. The van der Waals surface area contributed by atoms with Gasteiger partial charge < -0.3 is 5.32 Å². The molecule has 0 bridgehead atoms. The number of carbonyl (C=O) groups is 1. The number of nitrogens with one attached hydrogen (secondary N) is 2. The molecular weight excluding hydrogens is 343 g/mol. The first-order valence-corrected chi connectivity index (χ1v) is 9.38. The number of halogens is 1. The van der Waals surface area contributed by atoms with Gasteiger partial charge in [-0.2, -0.15) is 4.72 Å². The van der Waals surface area contributed by atoms with Gasteiger partial charge in [0, 0.05) is 6.04 Å². The summed E-state index contributed by atoms with van der Waals surface area (Å²) in [5.74, 6) is -0.943. The number of hydrogen-bond acceptors (Lipinski definition) is 3. The third kappa shape index (κ3) is 5.65. The molecule has 0 saturated carbocycles. The van der Waals surface area contributed by atoms with Crippen LogP contribution in [0.4, 0.5) is 4.39 Å². The molecule has 0 aromatic heterocycles. The topological polar surface area (TPSA) is 75.3 Å². The van der Waals surface area contributed by atoms with Crippen molar-refractivity contribution in [2.24, 2.45) is 0 Å². The van der Waals surface area contributed by atoms with Crippen molar-refractivity contribution in [3.8, 4) is 0 Å². The van der Waals surface area contributed by atoms with Crippen LogP contribution in [-0.2, 0) is 21.2 Å². The Morgan fingerprint density at radius 3 is 2.20 bits per heavy atom. The zero-order valence-electron chi connectivity index (χ0n) is 14.1. The molecule has 0 heterocycles. The summed E-state index contributed by atoms with van der Waals surface area (Å²) < 4.78 is 40.5. The number of benzene rings is 2. The van der Waals surface area contributed by atoms with Crippen molar-refractivity contribution in [3.63, 3.8) is 0 Å². The lowest BCUT2D eigenvalue weighted by Gasteiger charge is -2.20. The van der Waals surface area contributed by atoms with E-state index in [1.807, 2.05) is 30.3 Å². The lowest BCUT2D eigenvalue weighted by atomic mass is 10.1. The van der Waals surface area contributed by atoms with E-state index in [1.54, 1.807) is 13.8 Å². The van der Waals surface area contributed by atoms with E-state index in [-0.39, 0.29) is 17.4 Å². The average Bonchev–Trinajstić information content (AvgIpc) is 2.55. The molecule has 1 amide bonds. The number of sulfonamides is 1.